The smallest absolute Gasteiger partial charge is 0.297 e. The lowest BCUT2D eigenvalue weighted by Crippen LogP contribution is -2.53. The van der Waals surface area contributed by atoms with Crippen molar-refractivity contribution in [1.29, 1.82) is 0 Å². The third-order valence-electron chi connectivity index (χ3n) is 11.7. The highest BCUT2D eigenvalue weighted by Crippen LogP contribution is 2.30. The van der Waals surface area contributed by atoms with Gasteiger partial charge >= 0.3 is 0 Å². The fourth-order valence-electron chi connectivity index (χ4n) is 8.44. The lowest BCUT2D eigenvalue weighted by Gasteiger charge is -2.41. The number of benzene rings is 3. The average molecular weight is 853 g/mol. The molecule has 0 unspecified atom stereocenters. The molecule has 328 valence electrons. The number of piperazine rings is 2. The molecule has 61 heavy (non-hydrogen) atoms. The Bertz CT molecular complexity index is 2240. The number of nitrogens with one attached hydrogen (secondary N) is 1. The molecule has 1 N–H and O–H groups in total. The molecule has 4 atom stereocenters. The summed E-state index contributed by atoms with van der Waals surface area (Å²) < 4.78 is 42.5. The minimum absolute atomic E-state index is 0.0277. The highest BCUT2D eigenvalue weighted by atomic mass is 32.2. The summed E-state index contributed by atoms with van der Waals surface area (Å²) in [6, 6.07) is 27.2. The SMILES string of the molecule is CN1CCNCC1.C[C@@H]1CN(c2cccc3ncccc23)C[C@H](CN2CCN(C)CC2)O1.Cc1ccc(S(=O)(=O)OC[C@H]2CN(c3cccc4ncccc34)C[C@@H](C)O2)cc1. The summed E-state index contributed by atoms with van der Waals surface area (Å²) in [4.78, 5) is 21.1. The molecule has 5 aromatic rings. The number of morpholine rings is 2. The fraction of sp³-hybridized carbons (Fsp3) is 0.489. The van der Waals surface area contributed by atoms with Crippen LogP contribution in [0.4, 0.5) is 11.4 Å². The maximum Gasteiger partial charge on any atom is 0.297 e. The molecule has 4 aliphatic heterocycles. The molecule has 14 heteroatoms. The molecule has 0 bridgehead atoms. The van der Waals surface area contributed by atoms with Crippen molar-refractivity contribution in [2.45, 2.75) is 50.1 Å². The van der Waals surface area contributed by atoms with Crippen LogP contribution in [0.1, 0.15) is 19.4 Å². The Labute approximate surface area is 362 Å². The van der Waals surface area contributed by atoms with Gasteiger partial charge in [0.1, 0.15) is 6.10 Å². The van der Waals surface area contributed by atoms with Crippen molar-refractivity contribution in [2.75, 3.05) is 116 Å². The zero-order valence-electron chi connectivity index (χ0n) is 36.5. The van der Waals surface area contributed by atoms with Gasteiger partial charge in [0, 0.05) is 120 Å². The van der Waals surface area contributed by atoms with Gasteiger partial charge in [0.05, 0.1) is 40.8 Å². The number of fused-ring (bicyclic) bond motifs is 2. The van der Waals surface area contributed by atoms with Gasteiger partial charge in [-0.3, -0.25) is 19.1 Å². The van der Waals surface area contributed by atoms with Crippen molar-refractivity contribution in [2.24, 2.45) is 0 Å². The van der Waals surface area contributed by atoms with Crippen LogP contribution in [0.25, 0.3) is 21.8 Å². The van der Waals surface area contributed by atoms with Crippen molar-refractivity contribution in [3.8, 4) is 0 Å². The largest absolute Gasteiger partial charge is 0.370 e. The third kappa shape index (κ3) is 12.4. The Kier molecular flexibility index (Phi) is 15.6. The predicted octanol–water partition coefficient (Wildman–Crippen LogP) is 5.14. The molecular weight excluding hydrogens is 789 g/mol. The minimum Gasteiger partial charge on any atom is -0.370 e. The molecule has 3 aromatic carbocycles. The van der Waals surface area contributed by atoms with Gasteiger partial charge < -0.3 is 34.4 Å². The summed E-state index contributed by atoms with van der Waals surface area (Å²) in [6.45, 7) is 19.6. The monoisotopic (exact) mass is 852 g/mol. The van der Waals surface area contributed by atoms with E-state index in [1.807, 2.05) is 50.4 Å². The van der Waals surface area contributed by atoms with E-state index < -0.39 is 10.1 Å². The van der Waals surface area contributed by atoms with E-state index in [9.17, 15) is 8.42 Å². The van der Waals surface area contributed by atoms with Crippen LogP contribution < -0.4 is 15.1 Å². The summed E-state index contributed by atoms with van der Waals surface area (Å²) in [5, 5.41) is 5.57. The number of rotatable bonds is 8. The molecule has 0 amide bonds. The molecule has 4 saturated heterocycles. The summed E-state index contributed by atoms with van der Waals surface area (Å²) in [7, 11) is 0.536. The van der Waals surface area contributed by atoms with Gasteiger partial charge in [0.15, 0.2) is 0 Å². The lowest BCUT2D eigenvalue weighted by atomic mass is 10.1. The van der Waals surface area contributed by atoms with Crippen LogP contribution in [0.2, 0.25) is 0 Å². The standard InChI is InChI=1S/C22H24N2O4S.C20H28N4O.C5H12N2/c1-16-8-10-19(11-9-16)29(25,26)27-15-18-14-24(13-17(2)28-18)22-7-3-6-21-20(22)5-4-12-23-21;1-16-13-24(20-7-3-6-19-18(20)5-4-8-21-19)15-17(25-16)14-23-11-9-22(2)10-12-23;1-7-4-2-6-3-5-7/h3-12,17-18H,13-15H2,1-2H3;3-8,16-17H,9-15H2,1-2H3;6H,2-5H2,1H3/t17-,18-;16-,17+;/m11./s1. The Morgan fingerprint density at radius 3 is 1.72 bits per heavy atom. The van der Waals surface area contributed by atoms with Crippen LogP contribution in [0.3, 0.4) is 0 Å². The number of hydrogen-bond acceptors (Lipinski definition) is 13. The normalized spacial score (nSPS) is 23.2. The average Bonchev–Trinajstić information content (AvgIpc) is 3.27. The van der Waals surface area contributed by atoms with E-state index in [1.165, 1.54) is 24.2 Å². The Morgan fingerprint density at radius 1 is 0.656 bits per heavy atom. The molecule has 9 rings (SSSR count). The molecule has 0 aliphatic carbocycles. The molecule has 6 heterocycles. The second-order valence-corrected chi connectivity index (χ2v) is 18.5. The quantitative estimate of drug-likeness (QED) is 0.208. The van der Waals surface area contributed by atoms with E-state index >= 15 is 0 Å². The highest BCUT2D eigenvalue weighted by molar-refractivity contribution is 7.86. The number of nitrogens with zero attached hydrogens (tertiary/aromatic N) is 7. The third-order valence-corrected chi connectivity index (χ3v) is 13.0. The molecule has 2 aromatic heterocycles. The van der Waals surface area contributed by atoms with Crippen LogP contribution >= 0.6 is 0 Å². The van der Waals surface area contributed by atoms with Gasteiger partial charge in [-0.1, -0.05) is 29.8 Å². The lowest BCUT2D eigenvalue weighted by molar-refractivity contribution is -0.0369. The Morgan fingerprint density at radius 2 is 1.18 bits per heavy atom. The molecule has 13 nitrogen and oxygen atoms in total. The number of ether oxygens (including phenoxy) is 2. The molecule has 0 spiro atoms. The molecule has 4 fully saturated rings. The first-order valence-electron chi connectivity index (χ1n) is 21.8. The van der Waals surface area contributed by atoms with E-state index in [-0.39, 0.29) is 35.9 Å². The van der Waals surface area contributed by atoms with Gasteiger partial charge in [-0.05, 0) is 95.5 Å². The number of hydrogen-bond donors (Lipinski definition) is 1. The molecular formula is C47H64N8O5S. The molecule has 4 aliphatic rings. The van der Waals surface area contributed by atoms with E-state index in [1.54, 1.807) is 30.5 Å². The van der Waals surface area contributed by atoms with E-state index in [0.717, 1.165) is 93.1 Å². The van der Waals surface area contributed by atoms with Crippen LogP contribution in [0.5, 0.6) is 0 Å². The van der Waals surface area contributed by atoms with Crippen molar-refractivity contribution in [3.63, 3.8) is 0 Å². The Balaban J connectivity index is 0.000000160. The first-order chi connectivity index (χ1) is 29.5. The van der Waals surface area contributed by atoms with E-state index in [2.05, 4.69) is 91.1 Å². The van der Waals surface area contributed by atoms with Crippen LogP contribution in [0, 0.1) is 6.92 Å². The Hall–Kier alpha value is -4.25. The van der Waals surface area contributed by atoms with Crippen molar-refractivity contribution in [1.82, 2.24) is 30.0 Å². The maximum atomic E-state index is 12.5. The van der Waals surface area contributed by atoms with Gasteiger partial charge in [0.25, 0.3) is 10.1 Å². The number of likely N-dealkylation sites (N-methyl/N-ethyl adjacent to an activating group) is 2. The van der Waals surface area contributed by atoms with E-state index in [4.69, 9.17) is 13.7 Å². The summed E-state index contributed by atoms with van der Waals surface area (Å²) >= 11 is 0. The van der Waals surface area contributed by atoms with Gasteiger partial charge in [-0.25, -0.2) is 0 Å². The van der Waals surface area contributed by atoms with Crippen LogP contribution in [-0.4, -0.2) is 163 Å². The van der Waals surface area contributed by atoms with Crippen LogP contribution in [0.15, 0.2) is 102 Å². The first kappa shape index (κ1) is 44.8. The summed E-state index contributed by atoms with van der Waals surface area (Å²) in [6.07, 6.45) is 3.75. The zero-order chi connectivity index (χ0) is 42.8. The summed E-state index contributed by atoms with van der Waals surface area (Å²) in [5.74, 6) is 0. The minimum atomic E-state index is -3.82. The first-order valence-corrected chi connectivity index (χ1v) is 23.2. The molecule has 0 saturated carbocycles. The second-order valence-electron chi connectivity index (χ2n) is 16.9. The number of anilines is 2. The fourth-order valence-corrected chi connectivity index (χ4v) is 9.37. The molecule has 0 radical (unpaired) electrons. The van der Waals surface area contributed by atoms with Crippen molar-refractivity contribution in [3.05, 3.63) is 103 Å². The second kappa shape index (κ2) is 21.2. The number of aryl methyl sites for hydroxylation is 1. The van der Waals surface area contributed by atoms with Crippen LogP contribution in [-0.2, 0) is 23.8 Å². The van der Waals surface area contributed by atoms with Gasteiger partial charge in [0.2, 0.25) is 0 Å². The van der Waals surface area contributed by atoms with Gasteiger partial charge in [-0.2, -0.15) is 8.42 Å². The predicted molar refractivity (Wildman–Crippen MR) is 245 cm³/mol. The maximum absolute atomic E-state index is 12.5. The highest BCUT2D eigenvalue weighted by Gasteiger charge is 2.30. The summed E-state index contributed by atoms with van der Waals surface area (Å²) in [5.41, 5.74) is 5.34. The van der Waals surface area contributed by atoms with Crippen molar-refractivity contribution >= 4 is 43.3 Å². The zero-order valence-corrected chi connectivity index (χ0v) is 37.3. The van der Waals surface area contributed by atoms with Gasteiger partial charge in [-0.15, -0.1) is 0 Å². The van der Waals surface area contributed by atoms with E-state index in [0.29, 0.717) is 6.54 Å². The topological polar surface area (TPSA) is 116 Å². The van der Waals surface area contributed by atoms with Crippen molar-refractivity contribution < 1.29 is 22.1 Å². The number of pyridine rings is 2. The number of aromatic nitrogens is 2.